The first kappa shape index (κ1) is 16.0. The number of ether oxygens (including phenoxy) is 1. The van der Waals surface area contributed by atoms with E-state index in [0.717, 1.165) is 11.3 Å². The van der Waals surface area contributed by atoms with E-state index in [0.29, 0.717) is 26.5 Å². The normalized spacial score (nSPS) is 12.1. The zero-order valence-electron chi connectivity index (χ0n) is 13.5. The average Bonchev–Trinajstić information content (AvgIpc) is 3.00. The lowest BCUT2D eigenvalue weighted by molar-refractivity contribution is 0.409. The van der Waals surface area contributed by atoms with E-state index in [4.69, 9.17) is 14.6 Å². The molecule has 9 heteroatoms. The molecule has 0 bridgehead atoms. The Hall–Kier alpha value is -3.46. The van der Waals surface area contributed by atoms with Gasteiger partial charge >= 0.3 is 0 Å². The van der Waals surface area contributed by atoms with Gasteiger partial charge < -0.3 is 9.15 Å². The molecule has 130 valence electrons. The van der Waals surface area contributed by atoms with E-state index in [1.54, 1.807) is 18.2 Å². The standard InChI is InChI=1S/C17H12N4O4S/c1-8-20-21-15(18)11(16(23)19-17(21)26-8)6-9-7-25-14-10(13(9)22)4-3-5-12(14)24-2/h3-7,18,20H,1H2,2H3/b11-6-,18-15?. The molecule has 0 amide bonds. The molecule has 2 N–H and O–H groups in total. The summed E-state index contributed by atoms with van der Waals surface area (Å²) >= 11 is 1.16. The fourth-order valence-electron chi connectivity index (χ4n) is 2.64. The first-order valence-corrected chi connectivity index (χ1v) is 8.27. The van der Waals surface area contributed by atoms with Crippen molar-refractivity contribution < 1.29 is 9.15 Å². The van der Waals surface area contributed by atoms with E-state index in [1.807, 2.05) is 0 Å². The topological polar surface area (TPSA) is 114 Å². The Bertz CT molecular complexity index is 1410. The summed E-state index contributed by atoms with van der Waals surface area (Å²) in [5.74, 6) is 0.436. The van der Waals surface area contributed by atoms with Gasteiger partial charge in [-0.2, -0.15) is 4.98 Å². The molecule has 0 spiro atoms. The van der Waals surface area contributed by atoms with Crippen molar-refractivity contribution >= 4 is 35.0 Å². The van der Waals surface area contributed by atoms with E-state index in [9.17, 15) is 9.59 Å². The quantitative estimate of drug-likeness (QED) is 0.513. The maximum absolute atomic E-state index is 12.7. The molecule has 0 unspecified atom stereocenters. The number of H-pyrrole nitrogens is 1. The lowest BCUT2D eigenvalue weighted by Crippen LogP contribution is -2.47. The van der Waals surface area contributed by atoms with Crippen molar-refractivity contribution in [3.05, 3.63) is 66.0 Å². The summed E-state index contributed by atoms with van der Waals surface area (Å²) < 4.78 is 12.6. The largest absolute Gasteiger partial charge is 0.493 e. The lowest BCUT2D eigenvalue weighted by Gasteiger charge is -2.04. The Balaban J connectivity index is 2.06. The van der Waals surface area contributed by atoms with Crippen LogP contribution in [-0.2, 0) is 0 Å². The molecule has 0 aliphatic carbocycles. The first-order valence-electron chi connectivity index (χ1n) is 7.45. The third kappa shape index (κ3) is 2.37. The van der Waals surface area contributed by atoms with E-state index in [-0.39, 0.29) is 21.7 Å². The van der Waals surface area contributed by atoms with Crippen molar-refractivity contribution in [2.24, 2.45) is 0 Å². The number of hydrogen-bond acceptors (Lipinski definition) is 7. The third-order valence-corrected chi connectivity index (χ3v) is 4.65. The van der Waals surface area contributed by atoms with Crippen LogP contribution in [0.1, 0.15) is 5.56 Å². The van der Waals surface area contributed by atoms with Crippen LogP contribution in [0.3, 0.4) is 0 Å². The summed E-state index contributed by atoms with van der Waals surface area (Å²) in [4.78, 5) is 28.9. The third-order valence-electron chi connectivity index (χ3n) is 3.86. The maximum Gasteiger partial charge on any atom is 0.283 e. The van der Waals surface area contributed by atoms with Gasteiger partial charge in [-0.15, -0.1) is 0 Å². The van der Waals surface area contributed by atoms with Crippen LogP contribution in [0.4, 0.5) is 0 Å². The summed E-state index contributed by atoms with van der Waals surface area (Å²) in [7, 11) is 1.48. The van der Waals surface area contributed by atoms with Gasteiger partial charge in [0.25, 0.3) is 5.56 Å². The molecule has 0 fully saturated rings. The first-order chi connectivity index (χ1) is 12.5. The van der Waals surface area contributed by atoms with Crippen molar-refractivity contribution in [2.45, 2.75) is 0 Å². The molecule has 0 atom stereocenters. The highest BCUT2D eigenvalue weighted by Gasteiger charge is 2.12. The van der Waals surface area contributed by atoms with Gasteiger partial charge in [0.05, 0.1) is 23.3 Å². The van der Waals surface area contributed by atoms with E-state index < -0.39 is 5.56 Å². The Kier molecular flexibility index (Phi) is 3.58. The molecule has 2 aromatic rings. The highest BCUT2D eigenvalue weighted by atomic mass is 32.1. The smallest absolute Gasteiger partial charge is 0.283 e. The van der Waals surface area contributed by atoms with Crippen molar-refractivity contribution in [3.63, 3.8) is 0 Å². The minimum absolute atomic E-state index is 0.0221. The summed E-state index contributed by atoms with van der Waals surface area (Å²) in [6.07, 6.45) is 2.55. The van der Waals surface area contributed by atoms with Gasteiger partial charge in [-0.25, -0.2) is 4.68 Å². The van der Waals surface area contributed by atoms with Gasteiger partial charge in [-0.3, -0.25) is 20.1 Å². The molecule has 3 heterocycles. The lowest BCUT2D eigenvalue weighted by atomic mass is 10.1. The second kappa shape index (κ2) is 5.81. The Morgan fingerprint density at radius 1 is 1.42 bits per heavy atom. The van der Waals surface area contributed by atoms with Gasteiger partial charge in [0.15, 0.2) is 22.2 Å². The van der Waals surface area contributed by atoms with Gasteiger partial charge in [-0.05, 0) is 18.2 Å². The Morgan fingerprint density at radius 3 is 3.00 bits per heavy atom. The molecular formula is C17H12N4O4S. The summed E-state index contributed by atoms with van der Waals surface area (Å²) in [5, 5.41) is 11.7. The van der Waals surface area contributed by atoms with Crippen LogP contribution in [0.15, 0.2) is 38.5 Å². The summed E-state index contributed by atoms with van der Waals surface area (Å²) in [6.45, 7) is 3.74. The number of benzene rings is 1. The summed E-state index contributed by atoms with van der Waals surface area (Å²) in [6, 6.07) is 4.97. The Morgan fingerprint density at radius 2 is 2.23 bits per heavy atom. The molecule has 26 heavy (non-hydrogen) atoms. The van der Waals surface area contributed by atoms with Crippen LogP contribution in [0.5, 0.6) is 5.75 Å². The molecule has 1 aromatic carbocycles. The fourth-order valence-corrected chi connectivity index (χ4v) is 3.35. The average molecular weight is 368 g/mol. The number of aromatic nitrogens is 3. The number of rotatable bonds is 2. The SMILES string of the molecule is C=c1[nH]n2c(=N)/c(=C/c3coc4c(OC)cccc4c3=O)c(=O)nc-2s1. The monoisotopic (exact) mass is 368 g/mol. The van der Waals surface area contributed by atoms with Gasteiger partial charge in [0, 0.05) is 0 Å². The predicted octanol–water partition coefficient (Wildman–Crippen LogP) is -0.107. The highest BCUT2D eigenvalue weighted by molar-refractivity contribution is 7.11. The number of methoxy groups -OCH3 is 1. The highest BCUT2D eigenvalue weighted by Crippen LogP contribution is 2.23. The second-order valence-corrected chi connectivity index (χ2v) is 6.50. The number of hydrogen-bond donors (Lipinski definition) is 2. The fraction of sp³-hybridized carbons (Fsp3) is 0.0588. The number of nitrogens with one attached hydrogen (secondary N) is 2. The predicted molar refractivity (Wildman–Crippen MR) is 96.5 cm³/mol. The minimum atomic E-state index is -0.601. The molecule has 4 rings (SSSR count). The molecule has 0 radical (unpaired) electrons. The zero-order valence-corrected chi connectivity index (χ0v) is 14.3. The van der Waals surface area contributed by atoms with E-state index >= 15 is 0 Å². The molecule has 2 aliphatic heterocycles. The number of nitrogens with zero attached hydrogens (tertiary/aromatic N) is 2. The van der Waals surface area contributed by atoms with Crippen LogP contribution in [0.2, 0.25) is 0 Å². The van der Waals surface area contributed by atoms with Crippen LogP contribution in [0.25, 0.3) is 28.8 Å². The van der Waals surface area contributed by atoms with Crippen LogP contribution in [-0.4, -0.2) is 21.9 Å². The minimum Gasteiger partial charge on any atom is -0.493 e. The zero-order chi connectivity index (χ0) is 18.4. The summed E-state index contributed by atoms with van der Waals surface area (Å²) in [5.41, 5.74) is -0.586. The molecule has 0 saturated heterocycles. The van der Waals surface area contributed by atoms with Crippen molar-refractivity contribution in [1.29, 1.82) is 5.41 Å². The van der Waals surface area contributed by atoms with Crippen LogP contribution in [0, 0.1) is 5.41 Å². The number of fused-ring (bicyclic) bond motifs is 2. The van der Waals surface area contributed by atoms with E-state index in [1.165, 1.54) is 24.1 Å². The molecule has 0 saturated carbocycles. The Labute approximate surface area is 148 Å². The van der Waals surface area contributed by atoms with E-state index in [2.05, 4.69) is 16.7 Å². The van der Waals surface area contributed by atoms with Gasteiger partial charge in [0.1, 0.15) is 10.9 Å². The number of aromatic amines is 1. The molecule has 8 nitrogen and oxygen atoms in total. The number of para-hydroxylation sites is 1. The van der Waals surface area contributed by atoms with Crippen molar-refractivity contribution in [2.75, 3.05) is 7.11 Å². The van der Waals surface area contributed by atoms with Gasteiger partial charge in [0.2, 0.25) is 5.13 Å². The van der Waals surface area contributed by atoms with Crippen molar-refractivity contribution in [3.8, 4) is 10.9 Å². The molecular weight excluding hydrogens is 356 g/mol. The van der Waals surface area contributed by atoms with Crippen molar-refractivity contribution in [1.82, 2.24) is 14.8 Å². The molecule has 1 aromatic heterocycles. The van der Waals surface area contributed by atoms with Crippen LogP contribution >= 0.6 is 11.3 Å². The van der Waals surface area contributed by atoms with Crippen LogP contribution < -0.4 is 31.1 Å². The second-order valence-electron chi connectivity index (χ2n) is 5.44. The van der Waals surface area contributed by atoms with Gasteiger partial charge in [-0.1, -0.05) is 24.0 Å². The molecule has 2 aliphatic rings. The maximum atomic E-state index is 12.7.